The van der Waals surface area contributed by atoms with Crippen molar-refractivity contribution >= 4 is 21.7 Å². The van der Waals surface area contributed by atoms with Crippen LogP contribution >= 0.6 is 15.9 Å². The summed E-state index contributed by atoms with van der Waals surface area (Å²) in [5.41, 5.74) is -0.829. The molecule has 2 aromatic rings. The van der Waals surface area contributed by atoms with Crippen molar-refractivity contribution in [3.8, 4) is 0 Å². The molecule has 0 saturated carbocycles. The van der Waals surface area contributed by atoms with Crippen molar-refractivity contribution in [2.75, 3.05) is 5.33 Å². The standard InChI is InChI=1S/C9H11BrN4O2/c1-12-5-6-13-7(12)11-8(15)14(9(13)16)4-2-3-10/h5-6H,2-4H2,1H3. The van der Waals surface area contributed by atoms with Crippen LogP contribution in [0.2, 0.25) is 0 Å². The molecule has 0 aliphatic rings. The fourth-order valence-corrected chi connectivity index (χ4v) is 1.77. The smallest absolute Gasteiger partial charge is 0.320 e. The molecule has 0 N–H and O–H groups in total. The molecule has 0 fully saturated rings. The van der Waals surface area contributed by atoms with Gasteiger partial charge in [-0.2, -0.15) is 4.98 Å². The lowest BCUT2D eigenvalue weighted by Crippen LogP contribution is -2.39. The van der Waals surface area contributed by atoms with Crippen LogP contribution in [0, 0.1) is 0 Å². The normalized spacial score (nSPS) is 11.1. The molecule has 0 unspecified atom stereocenters. The highest BCUT2D eigenvalue weighted by atomic mass is 79.9. The predicted octanol–water partition coefficient (Wildman–Crippen LogP) is -0.0203. The van der Waals surface area contributed by atoms with Gasteiger partial charge in [-0.1, -0.05) is 15.9 Å². The summed E-state index contributed by atoms with van der Waals surface area (Å²) in [4.78, 5) is 27.4. The van der Waals surface area contributed by atoms with Crippen molar-refractivity contribution in [3.63, 3.8) is 0 Å². The van der Waals surface area contributed by atoms with E-state index < -0.39 is 5.69 Å². The minimum atomic E-state index is -0.493. The first-order valence-corrected chi connectivity index (χ1v) is 5.98. The summed E-state index contributed by atoms with van der Waals surface area (Å²) in [5, 5.41) is 0.746. The van der Waals surface area contributed by atoms with Gasteiger partial charge in [0.15, 0.2) is 0 Å². The third-order valence-electron chi connectivity index (χ3n) is 2.35. The third kappa shape index (κ3) is 1.71. The molecule has 16 heavy (non-hydrogen) atoms. The van der Waals surface area contributed by atoms with Crippen molar-refractivity contribution < 1.29 is 0 Å². The Morgan fingerprint density at radius 2 is 2.12 bits per heavy atom. The van der Waals surface area contributed by atoms with Crippen molar-refractivity contribution in [3.05, 3.63) is 33.4 Å². The Morgan fingerprint density at radius 1 is 1.38 bits per heavy atom. The number of halogens is 1. The number of imidazole rings is 1. The zero-order valence-electron chi connectivity index (χ0n) is 8.76. The first-order chi connectivity index (χ1) is 7.65. The minimum Gasteiger partial charge on any atom is -0.320 e. The van der Waals surface area contributed by atoms with E-state index >= 15 is 0 Å². The van der Waals surface area contributed by atoms with Gasteiger partial charge in [-0.05, 0) is 6.42 Å². The fourth-order valence-electron chi connectivity index (χ4n) is 1.52. The number of alkyl halides is 1. The first kappa shape index (κ1) is 11.1. The van der Waals surface area contributed by atoms with Gasteiger partial charge in [-0.15, -0.1) is 0 Å². The second-order valence-corrected chi connectivity index (χ2v) is 4.24. The van der Waals surface area contributed by atoms with E-state index in [2.05, 4.69) is 20.9 Å². The Bertz CT molecular complexity index is 624. The van der Waals surface area contributed by atoms with Crippen molar-refractivity contribution in [1.29, 1.82) is 0 Å². The van der Waals surface area contributed by atoms with Crippen LogP contribution in [0.3, 0.4) is 0 Å². The lowest BCUT2D eigenvalue weighted by molar-refractivity contribution is 0.590. The van der Waals surface area contributed by atoms with Crippen LogP contribution in [-0.2, 0) is 13.6 Å². The van der Waals surface area contributed by atoms with Crippen molar-refractivity contribution in [1.82, 2.24) is 18.5 Å². The molecule has 6 nitrogen and oxygen atoms in total. The molecule has 0 spiro atoms. The van der Waals surface area contributed by atoms with Gasteiger partial charge in [-0.25, -0.2) is 18.6 Å². The number of aromatic nitrogens is 4. The van der Waals surface area contributed by atoms with E-state index in [0.717, 1.165) is 16.3 Å². The average molecular weight is 287 g/mol. The Balaban J connectivity index is 2.67. The summed E-state index contributed by atoms with van der Waals surface area (Å²) in [6, 6.07) is 0. The van der Waals surface area contributed by atoms with Gasteiger partial charge in [0.25, 0.3) is 0 Å². The maximum atomic E-state index is 11.9. The van der Waals surface area contributed by atoms with Gasteiger partial charge >= 0.3 is 11.4 Å². The van der Waals surface area contributed by atoms with E-state index in [-0.39, 0.29) is 5.69 Å². The molecular weight excluding hydrogens is 276 g/mol. The zero-order chi connectivity index (χ0) is 11.7. The molecule has 86 valence electrons. The molecule has 0 bridgehead atoms. The molecular formula is C9H11BrN4O2. The summed E-state index contributed by atoms with van der Waals surface area (Å²) in [6.45, 7) is 0.383. The molecule has 0 atom stereocenters. The Labute approximate surface area is 99.3 Å². The monoisotopic (exact) mass is 286 g/mol. The van der Waals surface area contributed by atoms with Gasteiger partial charge in [0.1, 0.15) is 0 Å². The van der Waals surface area contributed by atoms with Crippen LogP contribution in [0.5, 0.6) is 0 Å². The summed E-state index contributed by atoms with van der Waals surface area (Å²) in [7, 11) is 1.74. The maximum Gasteiger partial charge on any atom is 0.354 e. The van der Waals surface area contributed by atoms with Crippen molar-refractivity contribution in [2.45, 2.75) is 13.0 Å². The summed E-state index contributed by atoms with van der Waals surface area (Å²) in [6.07, 6.45) is 4.02. The van der Waals surface area contributed by atoms with E-state index in [0.29, 0.717) is 12.3 Å². The SMILES string of the molecule is Cn1ccn2c(=O)n(CCCBr)c(=O)nc12. The Kier molecular flexibility index (Phi) is 2.95. The highest BCUT2D eigenvalue weighted by Crippen LogP contribution is 1.94. The van der Waals surface area contributed by atoms with Crippen molar-refractivity contribution in [2.24, 2.45) is 7.05 Å². The van der Waals surface area contributed by atoms with Crippen LogP contribution in [0.4, 0.5) is 0 Å². The quantitative estimate of drug-likeness (QED) is 0.745. The molecule has 2 heterocycles. The molecule has 0 saturated heterocycles. The van der Waals surface area contributed by atoms with Crippen LogP contribution in [0.15, 0.2) is 22.0 Å². The topological polar surface area (TPSA) is 61.3 Å². The van der Waals surface area contributed by atoms with E-state index in [9.17, 15) is 9.59 Å². The highest BCUT2D eigenvalue weighted by molar-refractivity contribution is 9.09. The molecule has 0 aliphatic heterocycles. The minimum absolute atomic E-state index is 0.337. The summed E-state index contributed by atoms with van der Waals surface area (Å²) < 4.78 is 4.15. The Morgan fingerprint density at radius 3 is 2.81 bits per heavy atom. The lowest BCUT2D eigenvalue weighted by atomic mass is 10.5. The summed E-state index contributed by atoms with van der Waals surface area (Å²) >= 11 is 3.26. The van der Waals surface area contributed by atoms with Crippen LogP contribution in [0.25, 0.3) is 5.78 Å². The van der Waals surface area contributed by atoms with E-state index in [1.54, 1.807) is 24.0 Å². The van der Waals surface area contributed by atoms with Gasteiger partial charge in [-0.3, -0.25) is 0 Å². The summed E-state index contributed by atoms with van der Waals surface area (Å²) in [5.74, 6) is 0.366. The van der Waals surface area contributed by atoms with E-state index in [4.69, 9.17) is 0 Å². The van der Waals surface area contributed by atoms with Crippen LogP contribution in [-0.4, -0.2) is 23.8 Å². The molecule has 0 aliphatic carbocycles. The number of hydrogen-bond acceptors (Lipinski definition) is 3. The fraction of sp³-hybridized carbons (Fsp3) is 0.444. The molecule has 2 rings (SSSR count). The zero-order valence-corrected chi connectivity index (χ0v) is 10.3. The van der Waals surface area contributed by atoms with Crippen LogP contribution in [0.1, 0.15) is 6.42 Å². The van der Waals surface area contributed by atoms with E-state index in [1.807, 2.05) is 0 Å². The molecule has 0 radical (unpaired) electrons. The third-order valence-corrected chi connectivity index (χ3v) is 2.91. The number of nitrogens with zero attached hydrogens (tertiary/aromatic N) is 4. The highest BCUT2D eigenvalue weighted by Gasteiger charge is 2.08. The second-order valence-electron chi connectivity index (χ2n) is 3.45. The first-order valence-electron chi connectivity index (χ1n) is 4.85. The predicted molar refractivity (Wildman–Crippen MR) is 63.1 cm³/mol. The average Bonchev–Trinajstić information content (AvgIpc) is 2.61. The van der Waals surface area contributed by atoms with Gasteiger partial charge in [0.2, 0.25) is 5.78 Å². The number of hydrogen-bond donors (Lipinski definition) is 0. The van der Waals surface area contributed by atoms with Gasteiger partial charge < -0.3 is 4.57 Å². The largest absolute Gasteiger partial charge is 0.354 e. The molecule has 0 aromatic carbocycles. The number of fused-ring (bicyclic) bond motifs is 1. The van der Waals surface area contributed by atoms with Gasteiger partial charge in [0.05, 0.1) is 0 Å². The molecule has 7 heteroatoms. The van der Waals surface area contributed by atoms with Crippen LogP contribution < -0.4 is 11.4 Å². The second kappa shape index (κ2) is 4.25. The Hall–Kier alpha value is -1.37. The van der Waals surface area contributed by atoms with E-state index in [1.165, 1.54) is 4.40 Å². The number of rotatable bonds is 3. The lowest BCUT2D eigenvalue weighted by Gasteiger charge is -2.03. The number of aryl methyl sites for hydroxylation is 1. The maximum absolute atomic E-state index is 11.9. The molecule has 2 aromatic heterocycles. The van der Waals surface area contributed by atoms with Gasteiger partial charge in [0, 0.05) is 31.3 Å². The molecule has 0 amide bonds.